The molecular weight excluding hydrogens is 588 g/mol. The van der Waals surface area contributed by atoms with Crippen molar-refractivity contribution in [1.29, 1.82) is 0 Å². The number of carbonyl (C=O) groups excluding carboxylic acids is 1. The molecule has 2 aromatic rings. The van der Waals surface area contributed by atoms with Crippen molar-refractivity contribution in [3.05, 3.63) is 54.1 Å². The van der Waals surface area contributed by atoms with Gasteiger partial charge in [0.15, 0.2) is 17.3 Å². The van der Waals surface area contributed by atoms with E-state index in [0.29, 0.717) is 37.6 Å². The molecule has 2 heterocycles. The number of benzene rings is 2. The van der Waals surface area contributed by atoms with Gasteiger partial charge in [-0.25, -0.2) is 13.2 Å². The lowest BCUT2D eigenvalue weighted by Crippen LogP contribution is -2.52. The van der Waals surface area contributed by atoms with Crippen molar-refractivity contribution in [2.45, 2.75) is 89.2 Å². The summed E-state index contributed by atoms with van der Waals surface area (Å²) in [6.45, 7) is 11.9. The molecule has 2 unspecified atom stereocenters. The number of hydrogen-bond acceptors (Lipinski definition) is 9. The Bertz CT molecular complexity index is 1370. The van der Waals surface area contributed by atoms with Gasteiger partial charge in [-0.3, -0.25) is 0 Å². The summed E-state index contributed by atoms with van der Waals surface area (Å²) in [5.41, 5.74) is -0.424. The zero-order chi connectivity index (χ0) is 32.2. The van der Waals surface area contributed by atoms with Gasteiger partial charge in [-0.15, -0.1) is 0 Å². The Hall–Kier alpha value is -2.90. The second-order valence-electron chi connectivity index (χ2n) is 13.3. The van der Waals surface area contributed by atoms with Crippen LogP contribution in [-0.4, -0.2) is 80.6 Å². The highest BCUT2D eigenvalue weighted by Crippen LogP contribution is 2.37. The van der Waals surface area contributed by atoms with E-state index in [2.05, 4.69) is 5.32 Å². The van der Waals surface area contributed by atoms with Gasteiger partial charge in [-0.1, -0.05) is 44.2 Å². The van der Waals surface area contributed by atoms with Crippen molar-refractivity contribution in [1.82, 2.24) is 9.62 Å². The maximum atomic E-state index is 14.2. The molecule has 2 aromatic carbocycles. The highest BCUT2D eigenvalue weighted by molar-refractivity contribution is 7.89. The van der Waals surface area contributed by atoms with Crippen LogP contribution in [0.1, 0.15) is 59.9 Å². The topological polar surface area (TPSA) is 133 Å². The quantitative estimate of drug-likeness (QED) is 0.327. The van der Waals surface area contributed by atoms with Crippen molar-refractivity contribution in [3.63, 3.8) is 0 Å². The van der Waals surface area contributed by atoms with E-state index >= 15 is 0 Å². The van der Waals surface area contributed by atoms with Gasteiger partial charge >= 0.3 is 6.09 Å². The number of carbonyl (C=O) groups is 1. The number of alkyl carbamates (subject to hydrolysis) is 1. The van der Waals surface area contributed by atoms with Crippen molar-refractivity contribution >= 4 is 16.1 Å². The first kappa shape index (κ1) is 34.0. The number of aliphatic hydroxyl groups excluding tert-OH is 1. The first-order valence-corrected chi connectivity index (χ1v) is 16.4. The first-order valence-electron chi connectivity index (χ1n) is 14.9. The molecule has 244 valence electrons. The molecule has 1 amide bonds. The van der Waals surface area contributed by atoms with Gasteiger partial charge in [0.2, 0.25) is 16.8 Å². The van der Waals surface area contributed by atoms with E-state index in [1.807, 2.05) is 51.1 Å². The molecule has 12 heteroatoms. The summed E-state index contributed by atoms with van der Waals surface area (Å²) in [6, 6.07) is 13.0. The fourth-order valence-electron chi connectivity index (χ4n) is 5.20. The molecule has 0 radical (unpaired) electrons. The summed E-state index contributed by atoms with van der Waals surface area (Å²) in [4.78, 5) is 12.8. The van der Waals surface area contributed by atoms with Gasteiger partial charge in [0.1, 0.15) is 5.60 Å². The average Bonchev–Trinajstić information content (AvgIpc) is 3.59. The van der Waals surface area contributed by atoms with Gasteiger partial charge in [0.25, 0.3) is 0 Å². The van der Waals surface area contributed by atoms with Crippen LogP contribution in [0.2, 0.25) is 0 Å². The molecule has 0 spiro atoms. The van der Waals surface area contributed by atoms with E-state index in [9.17, 15) is 18.3 Å². The van der Waals surface area contributed by atoms with Crippen LogP contribution >= 0.6 is 0 Å². The number of nitrogens with one attached hydrogen (secondary N) is 1. The van der Waals surface area contributed by atoms with E-state index < -0.39 is 45.1 Å². The summed E-state index contributed by atoms with van der Waals surface area (Å²) in [7, 11) is -4.14. The molecule has 2 N–H and O–H groups in total. The molecule has 2 atom stereocenters. The van der Waals surface area contributed by atoms with Gasteiger partial charge in [-0.05, 0) is 63.6 Å². The van der Waals surface area contributed by atoms with Crippen LogP contribution in [0.5, 0.6) is 11.5 Å². The van der Waals surface area contributed by atoms with Crippen LogP contribution < -0.4 is 14.8 Å². The zero-order valence-corrected chi connectivity index (χ0v) is 27.3. The van der Waals surface area contributed by atoms with Crippen molar-refractivity contribution in [2.24, 2.45) is 5.41 Å². The number of ether oxygens (including phenoxy) is 5. The number of hydrogen-bond donors (Lipinski definition) is 2. The molecule has 11 nitrogen and oxygen atoms in total. The lowest BCUT2D eigenvalue weighted by Gasteiger charge is -2.36. The van der Waals surface area contributed by atoms with Crippen LogP contribution in [-0.2, 0) is 30.7 Å². The lowest BCUT2D eigenvalue weighted by atomic mass is 9.86. The smallest absolute Gasteiger partial charge is 0.407 e. The molecular formula is C32H46N2O9S. The fraction of sp³-hybridized carbons (Fsp3) is 0.594. The van der Waals surface area contributed by atoms with E-state index in [0.717, 1.165) is 5.56 Å². The first-order chi connectivity index (χ1) is 20.6. The SMILES string of the molecule is CC(C)(CCC1(C)OCCO1)CN(CC(O)C(Cc1ccccc1)NC(=O)OC(C)(C)C)S(=O)(=O)c1ccc2c(c1)OCO2. The van der Waals surface area contributed by atoms with E-state index in [1.165, 1.54) is 16.4 Å². The predicted molar refractivity (Wildman–Crippen MR) is 164 cm³/mol. The van der Waals surface area contributed by atoms with E-state index in [4.69, 9.17) is 23.7 Å². The maximum Gasteiger partial charge on any atom is 0.407 e. The molecule has 1 saturated heterocycles. The summed E-state index contributed by atoms with van der Waals surface area (Å²) in [5.74, 6) is 0.0728. The minimum Gasteiger partial charge on any atom is -0.454 e. The van der Waals surface area contributed by atoms with Gasteiger partial charge in [0, 0.05) is 25.6 Å². The lowest BCUT2D eigenvalue weighted by molar-refractivity contribution is -0.151. The zero-order valence-electron chi connectivity index (χ0n) is 26.5. The van der Waals surface area contributed by atoms with Crippen LogP contribution in [0.15, 0.2) is 53.4 Å². The minimum absolute atomic E-state index is 0.00864. The van der Waals surface area contributed by atoms with Crippen LogP contribution in [0.4, 0.5) is 4.79 Å². The van der Waals surface area contributed by atoms with Gasteiger partial charge in [0.05, 0.1) is 30.3 Å². The third-order valence-electron chi connectivity index (χ3n) is 7.60. The third-order valence-corrected chi connectivity index (χ3v) is 9.40. The molecule has 44 heavy (non-hydrogen) atoms. The normalized spacial score (nSPS) is 17.8. The molecule has 4 rings (SSSR count). The Balaban J connectivity index is 1.61. The number of fused-ring (bicyclic) bond motifs is 1. The molecule has 2 aliphatic heterocycles. The van der Waals surface area contributed by atoms with Crippen LogP contribution in [0, 0.1) is 5.41 Å². The van der Waals surface area contributed by atoms with Crippen molar-refractivity contribution in [3.8, 4) is 11.5 Å². The molecule has 0 bridgehead atoms. The molecule has 0 aromatic heterocycles. The Kier molecular flexibility index (Phi) is 10.5. The van der Waals surface area contributed by atoms with Crippen LogP contribution in [0.3, 0.4) is 0 Å². The number of amides is 1. The summed E-state index contributed by atoms with van der Waals surface area (Å²) in [6.07, 6.45) is -0.558. The summed E-state index contributed by atoms with van der Waals surface area (Å²) >= 11 is 0. The maximum absolute atomic E-state index is 14.2. The molecule has 2 aliphatic rings. The number of nitrogens with zero attached hydrogens (tertiary/aromatic N) is 1. The average molecular weight is 635 g/mol. The standard InChI is InChI=1S/C32H46N2O9S/c1-30(2,3)43-29(36)33-25(18-23-10-8-7-9-11-23)26(35)20-34(21-31(4,5)14-15-32(6)41-16-17-42-32)44(37,38)24-12-13-27-28(19-24)40-22-39-27/h7-13,19,25-26,35H,14-18,20-22H2,1-6H3,(H,33,36). The van der Waals surface area contributed by atoms with Gasteiger partial charge in [-0.2, -0.15) is 4.31 Å². The summed E-state index contributed by atoms with van der Waals surface area (Å²) < 4.78 is 57.5. The number of aliphatic hydroxyl groups is 1. The van der Waals surface area contributed by atoms with E-state index in [-0.39, 0.29) is 31.2 Å². The Morgan fingerprint density at radius 2 is 1.70 bits per heavy atom. The third kappa shape index (κ3) is 9.31. The van der Waals surface area contributed by atoms with E-state index in [1.54, 1.807) is 26.8 Å². The number of sulfonamides is 1. The molecule has 1 fully saturated rings. The predicted octanol–water partition coefficient (Wildman–Crippen LogP) is 4.47. The minimum atomic E-state index is -4.14. The highest BCUT2D eigenvalue weighted by Gasteiger charge is 2.38. The largest absolute Gasteiger partial charge is 0.454 e. The fourth-order valence-corrected chi connectivity index (χ4v) is 6.87. The van der Waals surface area contributed by atoms with Crippen molar-refractivity contribution < 1.29 is 42.0 Å². The summed E-state index contributed by atoms with van der Waals surface area (Å²) in [5, 5.41) is 14.4. The monoisotopic (exact) mass is 634 g/mol. The van der Waals surface area contributed by atoms with Crippen LogP contribution in [0.25, 0.3) is 0 Å². The Morgan fingerprint density at radius 1 is 1.05 bits per heavy atom. The Morgan fingerprint density at radius 3 is 2.36 bits per heavy atom. The molecule has 0 aliphatic carbocycles. The molecule has 0 saturated carbocycles. The highest BCUT2D eigenvalue weighted by atomic mass is 32.2. The second-order valence-corrected chi connectivity index (χ2v) is 15.3. The van der Waals surface area contributed by atoms with Crippen molar-refractivity contribution in [2.75, 3.05) is 33.1 Å². The second kappa shape index (κ2) is 13.6. The van der Waals surface area contributed by atoms with Gasteiger partial charge < -0.3 is 34.1 Å². The Labute approximate surface area is 260 Å². The number of rotatable bonds is 13.